The van der Waals surface area contributed by atoms with Crippen LogP contribution in [0, 0.1) is 0 Å². The van der Waals surface area contributed by atoms with Crippen LogP contribution in [0.25, 0.3) is 16.7 Å². The second-order valence-corrected chi connectivity index (χ2v) is 18.9. The molecule has 3 nitrogen and oxygen atoms in total. The fourth-order valence-corrected chi connectivity index (χ4v) is 12.4. The van der Waals surface area contributed by atoms with Crippen molar-refractivity contribution in [2.75, 3.05) is 9.80 Å². The fraction of sp³-hybridized carbons (Fsp3) is 0.138. The number of hydrogen-bond acceptors (Lipinski definition) is 3. The van der Waals surface area contributed by atoms with Crippen molar-refractivity contribution < 1.29 is 4.74 Å². The van der Waals surface area contributed by atoms with Crippen molar-refractivity contribution in [1.29, 1.82) is 0 Å². The number of rotatable bonds is 9. The Morgan fingerprint density at radius 1 is 0.544 bits per heavy atom. The molecule has 328 valence electrons. The standard InChI is InChI=1S/C65H52N2O/c1-6-19-45(20-7-1)46-33-35-52(36-34-46)67(53-37-39-61-58(42-53)56-30-16-17-32-60(56)65(61,48-22-8-2-9-23-48)49-24-10-3-11-25-49)55-41-47-21-18-31-57-59-43-54(38-40-62(59)68-63(44-55)64(47)57)66(50-26-12-4-13-27-50)51-28-14-5-15-29-51/h1-28,30,32-36,38,40-43,51,55,57H,29,31,37,39,44H2. The van der Waals surface area contributed by atoms with E-state index in [1.807, 2.05) is 0 Å². The lowest BCUT2D eigenvalue weighted by Crippen LogP contribution is -2.38. The lowest BCUT2D eigenvalue weighted by atomic mass is 9.65. The molecule has 6 aliphatic rings. The number of para-hydroxylation sites is 1. The normalized spacial score (nSPS) is 20.3. The van der Waals surface area contributed by atoms with E-state index in [4.69, 9.17) is 4.74 Å². The van der Waals surface area contributed by atoms with Crippen molar-refractivity contribution in [2.45, 2.75) is 55.5 Å². The van der Waals surface area contributed by atoms with E-state index in [0.29, 0.717) is 0 Å². The summed E-state index contributed by atoms with van der Waals surface area (Å²) in [5.74, 6) is 2.30. The third-order valence-electron chi connectivity index (χ3n) is 15.2. The van der Waals surface area contributed by atoms with Crippen molar-refractivity contribution in [3.05, 3.63) is 293 Å². The van der Waals surface area contributed by atoms with Gasteiger partial charge in [0.15, 0.2) is 0 Å². The van der Waals surface area contributed by atoms with Crippen LogP contribution < -0.4 is 14.5 Å². The summed E-state index contributed by atoms with van der Waals surface area (Å²) in [5.41, 5.74) is 19.1. The summed E-state index contributed by atoms with van der Waals surface area (Å²) < 4.78 is 7.19. The Labute approximate surface area is 400 Å². The van der Waals surface area contributed by atoms with Crippen LogP contribution in [-0.4, -0.2) is 12.1 Å². The predicted octanol–water partition coefficient (Wildman–Crippen LogP) is 15.8. The summed E-state index contributed by atoms with van der Waals surface area (Å²) in [5, 5.41) is 0. The average Bonchev–Trinajstić information content (AvgIpc) is 3.71. The molecule has 13 rings (SSSR count). The number of hydrogen-bond donors (Lipinski definition) is 0. The van der Waals surface area contributed by atoms with Gasteiger partial charge in [-0.3, -0.25) is 0 Å². The molecule has 0 saturated carbocycles. The maximum atomic E-state index is 7.19. The summed E-state index contributed by atoms with van der Waals surface area (Å²) in [4.78, 5) is 5.13. The molecule has 5 aliphatic carbocycles. The minimum atomic E-state index is -0.376. The zero-order valence-corrected chi connectivity index (χ0v) is 38.1. The SMILES string of the molecule is C1=CCC(N(c2ccccc2)c2ccc3c(c2)C2CC=CC4=CC(N(C5=CC6=C(CC5)C(c5ccccc5)(c5ccccc5)c5ccccc56)c5ccc(-c6ccccc6)cc5)CC(=C42)O3)C=C1. The van der Waals surface area contributed by atoms with Gasteiger partial charge in [0.05, 0.1) is 17.5 Å². The van der Waals surface area contributed by atoms with Gasteiger partial charge in [0.2, 0.25) is 0 Å². The Bertz CT molecular complexity index is 3240. The topological polar surface area (TPSA) is 15.7 Å². The van der Waals surface area contributed by atoms with Gasteiger partial charge in [-0.05, 0) is 124 Å². The molecule has 1 aliphatic heterocycles. The second kappa shape index (κ2) is 16.8. The number of anilines is 3. The van der Waals surface area contributed by atoms with Crippen LogP contribution in [-0.2, 0) is 5.41 Å². The predicted molar refractivity (Wildman–Crippen MR) is 280 cm³/mol. The highest BCUT2D eigenvalue weighted by atomic mass is 16.5. The van der Waals surface area contributed by atoms with Crippen LogP contribution in [0.3, 0.4) is 0 Å². The summed E-state index contributed by atoms with van der Waals surface area (Å²) >= 11 is 0. The lowest BCUT2D eigenvalue weighted by molar-refractivity contribution is 0.359. The molecule has 68 heavy (non-hydrogen) atoms. The Balaban J connectivity index is 0.919. The van der Waals surface area contributed by atoms with Gasteiger partial charge in [-0.15, -0.1) is 0 Å². The third-order valence-corrected chi connectivity index (χ3v) is 15.2. The van der Waals surface area contributed by atoms with Crippen LogP contribution in [0.1, 0.15) is 65.8 Å². The van der Waals surface area contributed by atoms with Gasteiger partial charge in [-0.2, -0.15) is 0 Å². The molecule has 0 N–H and O–H groups in total. The highest BCUT2D eigenvalue weighted by Gasteiger charge is 2.48. The van der Waals surface area contributed by atoms with Crippen LogP contribution in [0.2, 0.25) is 0 Å². The first-order valence-electron chi connectivity index (χ1n) is 24.4. The molecule has 3 unspecified atom stereocenters. The molecule has 0 aromatic heterocycles. The summed E-state index contributed by atoms with van der Waals surface area (Å²) in [7, 11) is 0. The summed E-state index contributed by atoms with van der Waals surface area (Å²) in [6, 6.07) is 69.6. The summed E-state index contributed by atoms with van der Waals surface area (Å²) in [6.07, 6.45) is 23.3. The van der Waals surface area contributed by atoms with Crippen LogP contribution in [0.15, 0.2) is 265 Å². The Morgan fingerprint density at radius 2 is 1.21 bits per heavy atom. The van der Waals surface area contributed by atoms with Crippen molar-refractivity contribution >= 4 is 22.6 Å². The number of ether oxygens (including phenoxy) is 1. The van der Waals surface area contributed by atoms with E-state index < -0.39 is 0 Å². The van der Waals surface area contributed by atoms with Gasteiger partial charge >= 0.3 is 0 Å². The third kappa shape index (κ3) is 6.63. The number of nitrogens with zero attached hydrogens (tertiary/aromatic N) is 2. The Kier molecular flexibility index (Phi) is 9.96. The lowest BCUT2D eigenvalue weighted by Gasteiger charge is -2.43. The Hall–Kier alpha value is -7.88. The molecule has 1 heterocycles. The first-order chi connectivity index (χ1) is 33.7. The minimum Gasteiger partial charge on any atom is -0.461 e. The molecule has 0 spiro atoms. The monoisotopic (exact) mass is 876 g/mol. The van der Waals surface area contributed by atoms with E-state index >= 15 is 0 Å². The number of fused-ring (bicyclic) bond motifs is 4. The van der Waals surface area contributed by atoms with E-state index in [1.54, 1.807) is 0 Å². The largest absolute Gasteiger partial charge is 0.461 e. The van der Waals surface area contributed by atoms with Gasteiger partial charge in [-0.25, -0.2) is 0 Å². The van der Waals surface area contributed by atoms with E-state index in [0.717, 1.165) is 43.6 Å². The van der Waals surface area contributed by atoms with Gasteiger partial charge < -0.3 is 14.5 Å². The first-order valence-corrected chi connectivity index (χ1v) is 24.4. The number of allylic oxidation sites excluding steroid dienone is 10. The van der Waals surface area contributed by atoms with Gasteiger partial charge in [-0.1, -0.05) is 188 Å². The smallest absolute Gasteiger partial charge is 0.130 e. The van der Waals surface area contributed by atoms with Crippen LogP contribution in [0.5, 0.6) is 5.75 Å². The maximum absolute atomic E-state index is 7.19. The Morgan fingerprint density at radius 3 is 1.94 bits per heavy atom. The quantitative estimate of drug-likeness (QED) is 0.144. The van der Waals surface area contributed by atoms with Crippen LogP contribution >= 0.6 is 0 Å². The zero-order chi connectivity index (χ0) is 45.0. The van der Waals surface area contributed by atoms with Gasteiger partial charge in [0.1, 0.15) is 11.5 Å². The van der Waals surface area contributed by atoms with E-state index in [2.05, 4.69) is 246 Å². The van der Waals surface area contributed by atoms with Crippen molar-refractivity contribution in [1.82, 2.24) is 0 Å². The van der Waals surface area contributed by atoms with Crippen molar-refractivity contribution in [3.8, 4) is 16.9 Å². The minimum absolute atomic E-state index is 0.0355. The van der Waals surface area contributed by atoms with E-state index in [1.165, 1.54) is 84.0 Å². The van der Waals surface area contributed by atoms with Crippen molar-refractivity contribution in [2.24, 2.45) is 0 Å². The van der Waals surface area contributed by atoms with E-state index in [-0.39, 0.29) is 23.4 Å². The molecular weight excluding hydrogens is 825 g/mol. The molecule has 7 aromatic rings. The van der Waals surface area contributed by atoms with Gasteiger partial charge in [0, 0.05) is 46.2 Å². The molecule has 0 fully saturated rings. The van der Waals surface area contributed by atoms with E-state index in [9.17, 15) is 0 Å². The molecule has 0 radical (unpaired) electrons. The van der Waals surface area contributed by atoms with Crippen molar-refractivity contribution in [3.63, 3.8) is 0 Å². The highest BCUT2D eigenvalue weighted by Crippen LogP contribution is 2.59. The zero-order valence-electron chi connectivity index (χ0n) is 38.1. The first kappa shape index (κ1) is 40.4. The van der Waals surface area contributed by atoms with Crippen LogP contribution in [0.4, 0.5) is 17.1 Å². The highest BCUT2D eigenvalue weighted by molar-refractivity contribution is 5.92. The molecule has 3 heteroatoms. The summed E-state index contributed by atoms with van der Waals surface area (Å²) in [6.45, 7) is 0. The van der Waals surface area contributed by atoms with Gasteiger partial charge in [0.25, 0.3) is 0 Å². The fourth-order valence-electron chi connectivity index (χ4n) is 12.4. The molecule has 0 saturated heterocycles. The maximum Gasteiger partial charge on any atom is 0.130 e. The molecule has 0 bridgehead atoms. The molecular formula is C65H52N2O. The second-order valence-electron chi connectivity index (χ2n) is 18.9. The number of benzene rings is 7. The molecule has 3 atom stereocenters. The average molecular weight is 877 g/mol. The molecule has 0 amide bonds. The molecule has 7 aromatic carbocycles.